The second-order valence-electron chi connectivity index (χ2n) is 5.19. The highest BCUT2D eigenvalue weighted by Crippen LogP contribution is 2.17. The summed E-state index contributed by atoms with van der Waals surface area (Å²) < 4.78 is 1.05. The highest BCUT2D eigenvalue weighted by molar-refractivity contribution is 9.10. The highest BCUT2D eigenvalue weighted by Gasteiger charge is 2.13. The Morgan fingerprint density at radius 2 is 1.75 bits per heavy atom. The van der Waals surface area contributed by atoms with Gasteiger partial charge in [-0.1, -0.05) is 53.7 Å². The summed E-state index contributed by atoms with van der Waals surface area (Å²) in [5, 5.41) is 5.82. The molecule has 0 atom stereocenters. The molecule has 1 aliphatic carbocycles. The third-order valence-electron chi connectivity index (χ3n) is 3.55. The molecule has 0 spiro atoms. The van der Waals surface area contributed by atoms with Gasteiger partial charge in [0.2, 0.25) is 0 Å². The number of benzene rings is 1. The van der Waals surface area contributed by atoms with Crippen molar-refractivity contribution in [3.63, 3.8) is 0 Å². The Hall–Kier alpha value is -1.29. The highest BCUT2D eigenvalue weighted by atomic mass is 79.9. The summed E-state index contributed by atoms with van der Waals surface area (Å²) in [6.07, 6.45) is 10.8. The first kappa shape index (κ1) is 15.1. The second-order valence-corrected chi connectivity index (χ2v) is 6.11. The van der Waals surface area contributed by atoms with E-state index < -0.39 is 0 Å². The van der Waals surface area contributed by atoms with Gasteiger partial charge in [0.1, 0.15) is 0 Å². The van der Waals surface area contributed by atoms with Crippen LogP contribution in [0.15, 0.2) is 34.9 Å². The van der Waals surface area contributed by atoms with Gasteiger partial charge < -0.3 is 10.6 Å². The predicted molar refractivity (Wildman–Crippen MR) is 86.3 cm³/mol. The fourth-order valence-corrected chi connectivity index (χ4v) is 2.70. The van der Waals surface area contributed by atoms with Crippen LogP contribution in [0.5, 0.6) is 0 Å². The van der Waals surface area contributed by atoms with E-state index in [9.17, 15) is 4.79 Å². The van der Waals surface area contributed by atoms with Gasteiger partial charge in [-0.3, -0.25) is 0 Å². The van der Waals surface area contributed by atoms with Crippen molar-refractivity contribution in [1.82, 2.24) is 10.6 Å². The molecule has 3 nitrogen and oxygen atoms in total. The molecule has 1 aromatic rings. The average Bonchev–Trinajstić information content (AvgIpc) is 2.70. The molecule has 1 fully saturated rings. The molecule has 0 unspecified atom stereocenters. The molecule has 0 heterocycles. The van der Waals surface area contributed by atoms with Crippen LogP contribution in [0.3, 0.4) is 0 Å². The third kappa shape index (κ3) is 5.37. The van der Waals surface area contributed by atoms with Crippen LogP contribution >= 0.6 is 15.9 Å². The van der Waals surface area contributed by atoms with E-state index in [0.717, 1.165) is 22.9 Å². The van der Waals surface area contributed by atoms with Gasteiger partial charge in [-0.2, -0.15) is 0 Å². The molecular weight excluding hydrogens is 316 g/mol. The van der Waals surface area contributed by atoms with E-state index in [0.29, 0.717) is 6.04 Å². The van der Waals surface area contributed by atoms with Gasteiger partial charge in [0.05, 0.1) is 0 Å². The van der Waals surface area contributed by atoms with Crippen molar-refractivity contribution in [2.24, 2.45) is 0 Å². The van der Waals surface area contributed by atoms with Crippen LogP contribution in [-0.4, -0.2) is 12.1 Å². The Balaban J connectivity index is 1.75. The lowest BCUT2D eigenvalue weighted by atomic mass is 10.1. The molecule has 2 rings (SSSR count). The topological polar surface area (TPSA) is 41.1 Å². The summed E-state index contributed by atoms with van der Waals surface area (Å²) in [6, 6.07) is 8.16. The predicted octanol–water partition coefficient (Wildman–Crippen LogP) is 4.44. The molecule has 0 bridgehead atoms. The summed E-state index contributed by atoms with van der Waals surface area (Å²) >= 11 is 3.39. The lowest BCUT2D eigenvalue weighted by Crippen LogP contribution is -2.39. The monoisotopic (exact) mass is 336 g/mol. The molecule has 1 saturated carbocycles. The first-order valence-electron chi connectivity index (χ1n) is 7.23. The van der Waals surface area contributed by atoms with Crippen LogP contribution in [0, 0.1) is 0 Å². The Kier molecular flexibility index (Phi) is 6.12. The molecule has 20 heavy (non-hydrogen) atoms. The minimum Gasteiger partial charge on any atom is -0.335 e. The molecule has 108 valence electrons. The number of carbonyl (C=O) groups is 1. The largest absolute Gasteiger partial charge is 0.335 e. The number of nitrogens with one attached hydrogen (secondary N) is 2. The summed E-state index contributed by atoms with van der Waals surface area (Å²) in [4.78, 5) is 11.8. The van der Waals surface area contributed by atoms with E-state index in [-0.39, 0.29) is 6.03 Å². The number of halogens is 1. The second kappa shape index (κ2) is 8.10. The minimum atomic E-state index is -0.106. The van der Waals surface area contributed by atoms with E-state index in [1.807, 2.05) is 30.3 Å². The van der Waals surface area contributed by atoms with Crippen LogP contribution in [0.1, 0.15) is 44.1 Å². The Morgan fingerprint density at radius 3 is 2.40 bits per heavy atom. The Labute approximate surface area is 129 Å². The van der Waals surface area contributed by atoms with Crippen LogP contribution in [0.25, 0.3) is 6.08 Å². The van der Waals surface area contributed by atoms with Crippen molar-refractivity contribution in [3.05, 3.63) is 40.5 Å². The van der Waals surface area contributed by atoms with Crippen LogP contribution in [0.2, 0.25) is 0 Å². The zero-order valence-electron chi connectivity index (χ0n) is 11.6. The van der Waals surface area contributed by atoms with Gasteiger partial charge in [0.15, 0.2) is 0 Å². The fourth-order valence-electron chi connectivity index (χ4n) is 2.44. The average molecular weight is 337 g/mol. The van der Waals surface area contributed by atoms with E-state index in [2.05, 4.69) is 26.6 Å². The van der Waals surface area contributed by atoms with Crippen LogP contribution in [-0.2, 0) is 0 Å². The Morgan fingerprint density at radius 1 is 1.10 bits per heavy atom. The minimum absolute atomic E-state index is 0.106. The first-order valence-corrected chi connectivity index (χ1v) is 8.02. The number of carbonyl (C=O) groups excluding carboxylic acids is 1. The van der Waals surface area contributed by atoms with E-state index >= 15 is 0 Å². The molecular formula is C16H21BrN2O. The van der Waals surface area contributed by atoms with Gasteiger partial charge in [-0.25, -0.2) is 4.79 Å². The molecule has 0 saturated heterocycles. The smallest absolute Gasteiger partial charge is 0.318 e. The molecule has 1 aromatic carbocycles. The molecule has 2 amide bonds. The number of urea groups is 1. The number of hydrogen-bond acceptors (Lipinski definition) is 1. The van der Waals surface area contributed by atoms with Crippen LogP contribution in [0.4, 0.5) is 4.79 Å². The molecule has 0 radical (unpaired) electrons. The van der Waals surface area contributed by atoms with Crippen LogP contribution < -0.4 is 10.6 Å². The quantitative estimate of drug-likeness (QED) is 0.787. The lowest BCUT2D eigenvalue weighted by molar-refractivity contribution is 0.239. The van der Waals surface area contributed by atoms with Crippen molar-refractivity contribution in [2.75, 3.05) is 0 Å². The Bertz CT molecular complexity index is 448. The van der Waals surface area contributed by atoms with Gasteiger partial charge in [-0.05, 0) is 36.6 Å². The zero-order chi connectivity index (χ0) is 14.2. The van der Waals surface area contributed by atoms with Gasteiger partial charge in [-0.15, -0.1) is 0 Å². The number of hydrogen-bond donors (Lipinski definition) is 2. The molecule has 2 N–H and O–H groups in total. The van der Waals surface area contributed by atoms with E-state index in [1.54, 1.807) is 6.20 Å². The molecule has 4 heteroatoms. The molecule has 0 aliphatic heterocycles. The van der Waals surface area contributed by atoms with E-state index in [4.69, 9.17) is 0 Å². The summed E-state index contributed by atoms with van der Waals surface area (Å²) in [5.41, 5.74) is 1.06. The maximum atomic E-state index is 11.8. The maximum absolute atomic E-state index is 11.8. The third-order valence-corrected chi connectivity index (χ3v) is 4.08. The normalized spacial score (nSPS) is 16.9. The van der Waals surface area contributed by atoms with Crippen molar-refractivity contribution < 1.29 is 4.79 Å². The van der Waals surface area contributed by atoms with E-state index in [1.165, 1.54) is 25.7 Å². The lowest BCUT2D eigenvalue weighted by Gasteiger charge is -2.15. The number of amides is 2. The summed E-state index contributed by atoms with van der Waals surface area (Å²) in [5.74, 6) is 0. The zero-order valence-corrected chi connectivity index (χ0v) is 13.2. The molecule has 1 aliphatic rings. The SMILES string of the molecule is O=C(N/C=C/c1ccc(Br)cc1)NC1CCCCCC1. The van der Waals surface area contributed by atoms with Crippen molar-refractivity contribution in [3.8, 4) is 0 Å². The summed E-state index contributed by atoms with van der Waals surface area (Å²) in [7, 11) is 0. The first-order chi connectivity index (χ1) is 9.74. The summed E-state index contributed by atoms with van der Waals surface area (Å²) in [6.45, 7) is 0. The van der Waals surface area contributed by atoms with Gasteiger partial charge in [0, 0.05) is 16.7 Å². The standard InChI is InChI=1S/C16H21BrN2O/c17-14-9-7-13(8-10-14)11-12-18-16(20)19-15-5-3-1-2-4-6-15/h7-12,15H,1-6H2,(H2,18,19,20)/b12-11+. The molecule has 0 aromatic heterocycles. The van der Waals surface area contributed by atoms with Gasteiger partial charge >= 0.3 is 6.03 Å². The van der Waals surface area contributed by atoms with Crippen molar-refractivity contribution in [1.29, 1.82) is 0 Å². The number of rotatable bonds is 3. The maximum Gasteiger partial charge on any atom is 0.318 e. The van der Waals surface area contributed by atoms with Gasteiger partial charge in [0.25, 0.3) is 0 Å². The van der Waals surface area contributed by atoms with Crippen molar-refractivity contribution >= 4 is 28.0 Å². The fraction of sp³-hybridized carbons (Fsp3) is 0.438. The van der Waals surface area contributed by atoms with Crippen molar-refractivity contribution in [2.45, 2.75) is 44.6 Å².